The fraction of sp³-hybridized carbons (Fsp3) is 0.176. The average molecular weight is 413 g/mol. The number of aryl methyl sites for hydroxylation is 1. The van der Waals surface area contributed by atoms with E-state index in [2.05, 4.69) is 15.0 Å². The van der Waals surface area contributed by atoms with Crippen molar-refractivity contribution >= 4 is 45.5 Å². The average Bonchev–Trinajstić information content (AvgIpc) is 3.21. The molecule has 9 heteroatoms. The summed E-state index contributed by atoms with van der Waals surface area (Å²) < 4.78 is 28.8. The number of benzene rings is 1. The van der Waals surface area contributed by atoms with E-state index < -0.39 is 6.61 Å². The van der Waals surface area contributed by atoms with Gasteiger partial charge in [-0.3, -0.25) is 10.1 Å². The van der Waals surface area contributed by atoms with Crippen LogP contribution >= 0.6 is 34.4 Å². The number of hydrogen-bond acceptors (Lipinski definition) is 6. The van der Waals surface area contributed by atoms with Crippen LogP contribution < -0.4 is 10.1 Å². The summed E-state index contributed by atoms with van der Waals surface area (Å²) in [6, 6.07) is 8.17. The topological polar surface area (TPSA) is 51.2 Å². The van der Waals surface area contributed by atoms with Crippen molar-refractivity contribution in [3.63, 3.8) is 0 Å². The lowest BCUT2D eigenvalue weighted by atomic mass is 10.1. The molecular weight excluding hydrogens is 398 g/mol. The number of nitrogens with one attached hydrogen (secondary N) is 1. The lowest BCUT2D eigenvalue weighted by molar-refractivity contribution is -0.0498. The third-order valence-electron chi connectivity index (χ3n) is 3.43. The highest BCUT2D eigenvalue weighted by Gasteiger charge is 2.16. The van der Waals surface area contributed by atoms with Crippen molar-refractivity contribution in [2.75, 3.05) is 11.6 Å². The molecule has 0 saturated heterocycles. The monoisotopic (exact) mass is 412 g/mol. The number of thioether (sulfide) groups is 1. The van der Waals surface area contributed by atoms with E-state index in [1.807, 2.05) is 24.6 Å². The Kier molecular flexibility index (Phi) is 5.90. The van der Waals surface area contributed by atoms with Crippen molar-refractivity contribution in [3.05, 3.63) is 45.5 Å². The molecule has 0 atom stereocenters. The summed E-state index contributed by atoms with van der Waals surface area (Å²) in [5.41, 5.74) is 1.46. The van der Waals surface area contributed by atoms with Gasteiger partial charge in [0.2, 0.25) is 0 Å². The van der Waals surface area contributed by atoms with Gasteiger partial charge in [-0.2, -0.15) is 8.78 Å². The summed E-state index contributed by atoms with van der Waals surface area (Å²) >= 11 is 4.27. The van der Waals surface area contributed by atoms with Gasteiger partial charge in [-0.15, -0.1) is 34.4 Å². The molecule has 0 fully saturated rings. The number of halogens is 2. The Labute approximate surface area is 161 Å². The predicted octanol–water partition coefficient (Wildman–Crippen LogP) is 5.76. The molecule has 0 unspecified atom stereocenters. The van der Waals surface area contributed by atoms with Crippen LogP contribution in [0.3, 0.4) is 0 Å². The van der Waals surface area contributed by atoms with Crippen molar-refractivity contribution in [1.29, 1.82) is 0 Å². The van der Waals surface area contributed by atoms with E-state index in [9.17, 15) is 13.6 Å². The first-order valence-corrected chi connectivity index (χ1v) is 10.4. The largest absolute Gasteiger partial charge is 0.435 e. The van der Waals surface area contributed by atoms with Crippen molar-refractivity contribution in [3.8, 4) is 17.0 Å². The first kappa shape index (κ1) is 18.8. The normalized spacial score (nSPS) is 11.0. The number of carbonyl (C=O) groups excluding carboxylic acids is 1. The minimum absolute atomic E-state index is 0.0902. The molecule has 0 spiro atoms. The van der Waals surface area contributed by atoms with Crippen molar-refractivity contribution in [1.82, 2.24) is 4.98 Å². The Balaban J connectivity index is 1.78. The second-order valence-corrected chi connectivity index (χ2v) is 8.07. The van der Waals surface area contributed by atoms with Crippen LogP contribution in [0.4, 0.5) is 13.9 Å². The number of thiophene rings is 1. The zero-order chi connectivity index (χ0) is 18.7. The Bertz CT molecular complexity index is 907. The minimum atomic E-state index is -2.85. The Morgan fingerprint density at radius 1 is 1.27 bits per heavy atom. The Hall–Kier alpha value is -1.97. The van der Waals surface area contributed by atoms with Crippen LogP contribution in [0.2, 0.25) is 0 Å². The molecule has 3 aromatic rings. The van der Waals surface area contributed by atoms with E-state index in [1.165, 1.54) is 46.6 Å². The molecule has 0 bridgehead atoms. The number of thiazole rings is 1. The lowest BCUT2D eigenvalue weighted by Gasteiger charge is -2.05. The van der Waals surface area contributed by atoms with Gasteiger partial charge in [0, 0.05) is 15.3 Å². The van der Waals surface area contributed by atoms with E-state index in [-0.39, 0.29) is 11.7 Å². The summed E-state index contributed by atoms with van der Waals surface area (Å²) in [7, 11) is 0. The number of aromatic nitrogens is 1. The van der Waals surface area contributed by atoms with Gasteiger partial charge in [0.25, 0.3) is 5.91 Å². The predicted molar refractivity (Wildman–Crippen MR) is 103 cm³/mol. The quantitative estimate of drug-likeness (QED) is 0.523. The van der Waals surface area contributed by atoms with Crippen LogP contribution in [0, 0.1) is 6.92 Å². The lowest BCUT2D eigenvalue weighted by Crippen LogP contribution is -2.10. The summed E-state index contributed by atoms with van der Waals surface area (Å²) in [6.07, 6.45) is 1.92. The Morgan fingerprint density at radius 2 is 2.00 bits per heavy atom. The number of alkyl halides is 2. The summed E-state index contributed by atoms with van der Waals surface area (Å²) in [4.78, 5) is 19.4. The third kappa shape index (κ3) is 4.22. The molecule has 4 nitrogen and oxygen atoms in total. The van der Waals surface area contributed by atoms with E-state index >= 15 is 0 Å². The highest BCUT2D eigenvalue weighted by molar-refractivity contribution is 7.98. The molecule has 1 amide bonds. The fourth-order valence-corrected chi connectivity index (χ4v) is 4.77. The van der Waals surface area contributed by atoms with Crippen LogP contribution in [-0.4, -0.2) is 23.8 Å². The number of anilines is 1. The molecule has 0 aliphatic heterocycles. The molecular formula is C17H14F2N2O2S3. The molecule has 0 aliphatic rings. The summed E-state index contributed by atoms with van der Waals surface area (Å²) in [5, 5.41) is 5.20. The zero-order valence-electron chi connectivity index (χ0n) is 13.8. The second kappa shape index (κ2) is 8.15. The van der Waals surface area contributed by atoms with Crippen molar-refractivity contribution in [2.45, 2.75) is 18.4 Å². The van der Waals surface area contributed by atoms with Crippen LogP contribution in [0.1, 0.15) is 14.5 Å². The standard InChI is InChI=1S/C17H14F2N2O2S3/c1-9-13(10-3-5-11(6-4-10)23-16(18)19)20-17(26-9)21-15(22)14-12(24-2)7-8-25-14/h3-8,16H,1-2H3,(H,20,21,22). The molecule has 1 N–H and O–H groups in total. The van der Waals surface area contributed by atoms with E-state index in [0.717, 1.165) is 15.3 Å². The maximum Gasteiger partial charge on any atom is 0.387 e. The van der Waals surface area contributed by atoms with Gasteiger partial charge in [0.1, 0.15) is 10.6 Å². The molecule has 3 rings (SSSR count). The second-order valence-electron chi connectivity index (χ2n) is 5.10. The number of carbonyl (C=O) groups is 1. The maximum atomic E-state index is 12.4. The molecule has 26 heavy (non-hydrogen) atoms. The first-order valence-electron chi connectivity index (χ1n) is 7.43. The van der Waals surface area contributed by atoms with Gasteiger partial charge in [-0.25, -0.2) is 4.98 Å². The number of amides is 1. The van der Waals surface area contributed by atoms with Gasteiger partial charge in [-0.1, -0.05) is 0 Å². The number of nitrogens with zero attached hydrogens (tertiary/aromatic N) is 1. The molecule has 2 heterocycles. The highest BCUT2D eigenvalue weighted by atomic mass is 32.2. The summed E-state index contributed by atoms with van der Waals surface area (Å²) in [6.45, 7) is -0.961. The van der Waals surface area contributed by atoms with Gasteiger partial charge in [0.05, 0.1) is 5.69 Å². The first-order chi connectivity index (χ1) is 12.5. The van der Waals surface area contributed by atoms with Crippen molar-refractivity contribution < 1.29 is 18.3 Å². The zero-order valence-corrected chi connectivity index (χ0v) is 16.2. The molecule has 0 radical (unpaired) electrons. The molecule has 0 saturated carbocycles. The SMILES string of the molecule is CSc1ccsc1C(=O)Nc1nc(-c2ccc(OC(F)F)cc2)c(C)s1. The number of hydrogen-bond donors (Lipinski definition) is 1. The highest BCUT2D eigenvalue weighted by Crippen LogP contribution is 2.33. The van der Waals surface area contributed by atoms with Gasteiger partial charge in [0.15, 0.2) is 5.13 Å². The molecule has 0 aliphatic carbocycles. The van der Waals surface area contributed by atoms with Gasteiger partial charge < -0.3 is 4.74 Å². The van der Waals surface area contributed by atoms with Crippen LogP contribution in [0.25, 0.3) is 11.3 Å². The molecule has 136 valence electrons. The maximum absolute atomic E-state index is 12.4. The van der Waals surface area contributed by atoms with Crippen molar-refractivity contribution in [2.24, 2.45) is 0 Å². The Morgan fingerprint density at radius 3 is 2.65 bits per heavy atom. The van der Waals surface area contributed by atoms with E-state index in [0.29, 0.717) is 15.7 Å². The fourth-order valence-electron chi connectivity index (χ4n) is 2.29. The minimum Gasteiger partial charge on any atom is -0.435 e. The van der Waals surface area contributed by atoms with Gasteiger partial charge in [-0.05, 0) is 48.9 Å². The number of rotatable bonds is 6. The smallest absolute Gasteiger partial charge is 0.387 e. The number of ether oxygens (including phenoxy) is 1. The van der Waals surface area contributed by atoms with E-state index in [4.69, 9.17) is 0 Å². The third-order valence-corrected chi connectivity index (χ3v) is 6.13. The van der Waals surface area contributed by atoms with Crippen LogP contribution in [0.15, 0.2) is 40.6 Å². The van der Waals surface area contributed by atoms with Crippen LogP contribution in [0.5, 0.6) is 5.75 Å². The summed E-state index contributed by atoms with van der Waals surface area (Å²) in [5.74, 6) is -0.0993. The van der Waals surface area contributed by atoms with E-state index in [1.54, 1.807) is 12.1 Å². The van der Waals surface area contributed by atoms with Crippen LogP contribution in [-0.2, 0) is 0 Å². The molecule has 2 aromatic heterocycles. The molecule has 1 aromatic carbocycles. The van der Waals surface area contributed by atoms with Gasteiger partial charge >= 0.3 is 6.61 Å².